The van der Waals surface area contributed by atoms with Gasteiger partial charge in [-0.3, -0.25) is 18.8 Å². The number of benzene rings is 1. The van der Waals surface area contributed by atoms with Crippen LogP contribution in [0.25, 0.3) is 22.2 Å². The van der Waals surface area contributed by atoms with E-state index < -0.39 is 0 Å². The van der Waals surface area contributed by atoms with Crippen molar-refractivity contribution in [2.24, 2.45) is 7.05 Å². The number of pyridine rings is 1. The third kappa shape index (κ3) is 3.87. The molecule has 1 amide bonds. The van der Waals surface area contributed by atoms with Crippen molar-refractivity contribution in [3.8, 4) is 11.3 Å². The molecule has 4 heterocycles. The first-order valence-electron chi connectivity index (χ1n) is 10.3. The van der Waals surface area contributed by atoms with Gasteiger partial charge in [0.15, 0.2) is 0 Å². The van der Waals surface area contributed by atoms with Crippen LogP contribution in [0.1, 0.15) is 22.8 Å². The number of hydrogen-bond donors (Lipinski definition) is 1. The molecular weight excluding hydrogens is 404 g/mol. The van der Waals surface area contributed by atoms with Gasteiger partial charge in [-0.05, 0) is 19.1 Å². The Morgan fingerprint density at radius 3 is 2.62 bits per heavy atom. The van der Waals surface area contributed by atoms with Crippen molar-refractivity contribution in [1.82, 2.24) is 34.3 Å². The van der Waals surface area contributed by atoms with Gasteiger partial charge in [-0.25, -0.2) is 4.98 Å². The summed E-state index contributed by atoms with van der Waals surface area (Å²) in [5.41, 5.74) is 4.53. The number of carbonyl (C=O) groups excluding carboxylic acids is 1. The fraction of sp³-hybridized carbons (Fsp3) is 0.174. The predicted molar refractivity (Wildman–Crippen MR) is 121 cm³/mol. The van der Waals surface area contributed by atoms with Crippen LogP contribution >= 0.6 is 0 Å². The summed E-state index contributed by atoms with van der Waals surface area (Å²) in [7, 11) is 1.85. The van der Waals surface area contributed by atoms with Crippen molar-refractivity contribution in [1.29, 1.82) is 0 Å². The molecule has 0 saturated carbocycles. The molecule has 0 saturated heterocycles. The van der Waals surface area contributed by atoms with Crippen LogP contribution in [-0.2, 0) is 20.1 Å². The van der Waals surface area contributed by atoms with Crippen LogP contribution < -0.4 is 5.32 Å². The zero-order valence-electron chi connectivity index (χ0n) is 17.8. The number of aromatic nitrogens is 7. The summed E-state index contributed by atoms with van der Waals surface area (Å²) < 4.78 is 5.36. The largest absolute Gasteiger partial charge is 0.319 e. The second-order valence-electron chi connectivity index (χ2n) is 7.56. The molecule has 160 valence electrons. The first kappa shape index (κ1) is 19.7. The molecule has 0 aliphatic rings. The lowest BCUT2D eigenvalue weighted by Gasteiger charge is -2.09. The van der Waals surface area contributed by atoms with Crippen LogP contribution in [0.4, 0.5) is 5.69 Å². The van der Waals surface area contributed by atoms with Gasteiger partial charge < -0.3 is 5.32 Å². The first-order valence-corrected chi connectivity index (χ1v) is 10.3. The van der Waals surface area contributed by atoms with Gasteiger partial charge in [-0.15, -0.1) is 0 Å². The first-order chi connectivity index (χ1) is 15.6. The number of para-hydroxylation sites is 1. The summed E-state index contributed by atoms with van der Waals surface area (Å²) >= 11 is 0. The van der Waals surface area contributed by atoms with Gasteiger partial charge in [-0.1, -0.05) is 18.2 Å². The molecule has 1 aromatic carbocycles. The summed E-state index contributed by atoms with van der Waals surface area (Å²) in [6.45, 7) is 3.45. The number of aryl methyl sites for hydroxylation is 2. The number of anilines is 1. The van der Waals surface area contributed by atoms with Crippen molar-refractivity contribution in [2.75, 3.05) is 5.32 Å². The molecule has 5 aromatic rings. The van der Waals surface area contributed by atoms with Crippen molar-refractivity contribution < 1.29 is 4.79 Å². The second kappa shape index (κ2) is 8.10. The number of carbonyl (C=O) groups is 1. The van der Waals surface area contributed by atoms with E-state index in [2.05, 4.69) is 20.6 Å². The number of nitrogens with one attached hydrogen (secondary N) is 1. The van der Waals surface area contributed by atoms with E-state index in [0.717, 1.165) is 28.6 Å². The predicted octanol–water partition coefficient (Wildman–Crippen LogP) is 3.35. The fourth-order valence-electron chi connectivity index (χ4n) is 3.63. The minimum Gasteiger partial charge on any atom is -0.319 e. The van der Waals surface area contributed by atoms with Gasteiger partial charge in [0.2, 0.25) is 0 Å². The lowest BCUT2D eigenvalue weighted by Crippen LogP contribution is -2.12. The second-order valence-corrected chi connectivity index (χ2v) is 7.56. The van der Waals surface area contributed by atoms with Crippen LogP contribution in [0.15, 0.2) is 67.5 Å². The molecule has 0 aliphatic heterocycles. The molecule has 0 radical (unpaired) electrons. The molecule has 0 spiro atoms. The molecule has 32 heavy (non-hydrogen) atoms. The molecule has 4 aromatic heterocycles. The average molecular weight is 426 g/mol. The van der Waals surface area contributed by atoms with E-state index in [9.17, 15) is 4.79 Å². The zero-order valence-corrected chi connectivity index (χ0v) is 17.8. The van der Waals surface area contributed by atoms with Gasteiger partial charge in [0.25, 0.3) is 5.91 Å². The normalized spacial score (nSPS) is 11.2. The van der Waals surface area contributed by atoms with E-state index in [4.69, 9.17) is 4.98 Å². The Bertz CT molecular complexity index is 1410. The van der Waals surface area contributed by atoms with Crippen LogP contribution in [0.2, 0.25) is 0 Å². The van der Waals surface area contributed by atoms with Crippen LogP contribution in [0.5, 0.6) is 0 Å². The number of hydrogen-bond acceptors (Lipinski definition) is 5. The molecule has 9 nitrogen and oxygen atoms in total. The molecule has 0 aliphatic carbocycles. The molecule has 5 rings (SSSR count). The summed E-state index contributed by atoms with van der Waals surface area (Å²) in [5.74, 6) is -0.216. The highest BCUT2D eigenvalue weighted by molar-refractivity contribution is 6.13. The van der Waals surface area contributed by atoms with Crippen LogP contribution in [0, 0.1) is 0 Å². The molecule has 0 atom stereocenters. The van der Waals surface area contributed by atoms with E-state index in [1.807, 2.05) is 67.7 Å². The quantitative estimate of drug-likeness (QED) is 0.449. The number of amides is 1. The molecule has 1 N–H and O–H groups in total. The van der Waals surface area contributed by atoms with Crippen LogP contribution in [-0.4, -0.2) is 40.2 Å². The number of fused-ring (bicyclic) bond motifs is 1. The third-order valence-corrected chi connectivity index (χ3v) is 5.21. The summed E-state index contributed by atoms with van der Waals surface area (Å²) in [4.78, 5) is 17.9. The molecule has 0 fully saturated rings. The maximum absolute atomic E-state index is 13.2. The van der Waals surface area contributed by atoms with Crippen molar-refractivity contribution in [3.63, 3.8) is 0 Å². The summed E-state index contributed by atoms with van der Waals surface area (Å²) in [6.07, 6.45) is 10.9. The maximum atomic E-state index is 13.2. The van der Waals surface area contributed by atoms with Gasteiger partial charge in [0.1, 0.15) is 0 Å². The van der Waals surface area contributed by atoms with Crippen LogP contribution in [0.3, 0.4) is 0 Å². The minimum atomic E-state index is -0.216. The van der Waals surface area contributed by atoms with Gasteiger partial charge in [0, 0.05) is 48.7 Å². The highest BCUT2D eigenvalue weighted by atomic mass is 16.1. The van der Waals surface area contributed by atoms with Gasteiger partial charge in [0.05, 0.1) is 47.6 Å². The Hall–Kier alpha value is -4.27. The lowest BCUT2D eigenvalue weighted by atomic mass is 10.0. The average Bonchev–Trinajstić information content (AvgIpc) is 3.55. The summed E-state index contributed by atoms with van der Waals surface area (Å²) in [6, 6.07) is 9.42. The Labute approximate surface area is 184 Å². The molecule has 9 heteroatoms. The fourth-order valence-corrected chi connectivity index (χ4v) is 3.63. The monoisotopic (exact) mass is 426 g/mol. The van der Waals surface area contributed by atoms with E-state index >= 15 is 0 Å². The number of rotatable bonds is 6. The molecule has 0 bridgehead atoms. The van der Waals surface area contributed by atoms with Crippen molar-refractivity contribution in [3.05, 3.63) is 78.6 Å². The van der Waals surface area contributed by atoms with E-state index in [0.29, 0.717) is 23.5 Å². The minimum absolute atomic E-state index is 0.216. The highest BCUT2D eigenvalue weighted by Gasteiger charge is 2.15. The van der Waals surface area contributed by atoms with E-state index in [-0.39, 0.29) is 5.91 Å². The highest BCUT2D eigenvalue weighted by Crippen LogP contribution is 2.25. The third-order valence-electron chi connectivity index (χ3n) is 5.21. The molecule has 0 unspecified atom stereocenters. The van der Waals surface area contributed by atoms with Gasteiger partial charge >= 0.3 is 0 Å². The maximum Gasteiger partial charge on any atom is 0.256 e. The Balaban J connectivity index is 1.42. The lowest BCUT2D eigenvalue weighted by molar-refractivity contribution is 0.102. The smallest absolute Gasteiger partial charge is 0.256 e. The van der Waals surface area contributed by atoms with E-state index in [1.54, 1.807) is 27.8 Å². The van der Waals surface area contributed by atoms with E-state index in [1.165, 1.54) is 0 Å². The van der Waals surface area contributed by atoms with Crippen molar-refractivity contribution >= 4 is 22.5 Å². The van der Waals surface area contributed by atoms with Gasteiger partial charge in [-0.2, -0.15) is 15.3 Å². The Morgan fingerprint density at radius 1 is 1.00 bits per heavy atom. The topological polar surface area (TPSA) is 95.5 Å². The molecular formula is C23H22N8O. The summed E-state index contributed by atoms with van der Waals surface area (Å²) in [5, 5.41) is 16.6. The number of nitrogens with zero attached hydrogens (tertiary/aromatic N) is 7. The SMILES string of the molecule is CCn1cc(Cn2cc(NC(=O)c3cc(-c4cnn(C)c4)nc4ccccc34)cn2)cn1. The standard InChI is InChI=1S/C23H22N8O/c1-3-30-12-16(9-25-30)13-31-15-18(11-26-31)27-23(32)20-8-22(17-10-24-29(2)14-17)28-21-7-5-4-6-19(20)21/h4-12,14-15H,3,13H2,1-2H3,(H,27,32). The Kier molecular flexibility index (Phi) is 4.98. The Morgan fingerprint density at radius 2 is 1.84 bits per heavy atom. The zero-order chi connectivity index (χ0) is 22.1. The van der Waals surface area contributed by atoms with Crippen molar-refractivity contribution in [2.45, 2.75) is 20.0 Å².